The molecule has 0 saturated heterocycles. The molecule has 13 rings (SSSR count). The molecule has 0 radical (unpaired) electrons. The molecule has 0 amide bonds. The molecule has 11 aromatic carbocycles. The van der Waals surface area contributed by atoms with Gasteiger partial charge in [0.05, 0.1) is 22.8 Å². The van der Waals surface area contributed by atoms with Gasteiger partial charge in [-0.05, 0) is 78.3 Å². The maximum absolute atomic E-state index is 5.64. The zero-order valence-corrected chi connectivity index (χ0v) is 39.3. The van der Waals surface area contributed by atoms with Crippen LogP contribution in [0.2, 0.25) is 0 Å². The highest BCUT2D eigenvalue weighted by Crippen LogP contribution is 2.49. The van der Waals surface area contributed by atoms with Crippen LogP contribution in [-0.4, -0.2) is 15.0 Å². The van der Waals surface area contributed by atoms with Crippen molar-refractivity contribution in [3.05, 3.63) is 273 Å². The molecule has 2 aromatic heterocycles. The van der Waals surface area contributed by atoms with Gasteiger partial charge in [-0.3, -0.25) is 0 Å². The lowest BCUT2D eigenvalue weighted by molar-refractivity contribution is 1.18. The van der Waals surface area contributed by atoms with E-state index in [-0.39, 0.29) is 0 Å². The van der Waals surface area contributed by atoms with E-state index in [1.807, 2.05) is 6.07 Å². The fraction of sp³-hybridized carbons (Fsp3) is 0. The van der Waals surface area contributed by atoms with Gasteiger partial charge in [-0.25, -0.2) is 15.0 Å². The van der Waals surface area contributed by atoms with Crippen LogP contribution in [0.25, 0.3) is 133 Å². The highest BCUT2D eigenvalue weighted by Gasteiger charge is 2.25. The molecule has 0 atom stereocenters. The largest absolute Gasteiger partial charge is 0.246 e. The topological polar surface area (TPSA) is 38.7 Å². The van der Waals surface area contributed by atoms with Gasteiger partial charge in [0.1, 0.15) is 0 Å². The summed E-state index contributed by atoms with van der Waals surface area (Å²) in [6.07, 6.45) is 0. The van der Waals surface area contributed by atoms with E-state index in [2.05, 4.69) is 267 Å². The molecule has 3 heteroatoms. The van der Waals surface area contributed by atoms with Crippen LogP contribution in [0.3, 0.4) is 0 Å². The molecule has 72 heavy (non-hydrogen) atoms. The molecular weight excluding hydrogens is 871 g/mol. The molecule has 0 saturated carbocycles. The van der Waals surface area contributed by atoms with Crippen molar-refractivity contribution >= 4 is 32.3 Å². The predicted octanol–water partition coefficient (Wildman–Crippen LogP) is 18.3. The van der Waals surface area contributed by atoms with Crippen molar-refractivity contribution in [2.45, 2.75) is 0 Å². The minimum atomic E-state index is 0.668. The summed E-state index contributed by atoms with van der Waals surface area (Å²) in [5.41, 5.74) is 17.5. The first-order chi connectivity index (χ1) is 35.7. The third kappa shape index (κ3) is 7.80. The van der Waals surface area contributed by atoms with Crippen LogP contribution in [0.5, 0.6) is 0 Å². The minimum Gasteiger partial charge on any atom is -0.246 e. The van der Waals surface area contributed by atoms with Crippen LogP contribution in [0, 0.1) is 0 Å². The van der Waals surface area contributed by atoms with E-state index in [1.54, 1.807) is 0 Å². The van der Waals surface area contributed by atoms with E-state index >= 15 is 0 Å². The number of rotatable bonds is 9. The summed E-state index contributed by atoms with van der Waals surface area (Å²) in [5, 5.41) is 7.55. The summed E-state index contributed by atoms with van der Waals surface area (Å²) in [7, 11) is 0. The standard InChI is InChI=1S/C69H45N3/c1-6-21-46(22-7-1)62-45-63(71-69(70-62)55-32-20-31-53(43-55)54-41-42-60-58-35-17-16-33-56(58)57-34-18-19-36-59(57)61(60)44-54)47-37-39-50(40-38-47)64-65(48-23-8-2-9-24-48)67(51-27-12-4-13-28-51)72-68(52-29-14-5-15-30-52)66(64)49-25-10-3-11-26-49/h1-45H. The van der Waals surface area contributed by atoms with Crippen LogP contribution < -0.4 is 0 Å². The van der Waals surface area contributed by atoms with Crippen LogP contribution in [0.4, 0.5) is 0 Å². The molecule has 0 aliphatic carbocycles. The van der Waals surface area contributed by atoms with Gasteiger partial charge in [0, 0.05) is 44.5 Å². The number of benzene rings is 11. The van der Waals surface area contributed by atoms with E-state index in [0.29, 0.717) is 5.82 Å². The lowest BCUT2D eigenvalue weighted by Gasteiger charge is -2.23. The fourth-order valence-corrected chi connectivity index (χ4v) is 10.5. The second-order valence-corrected chi connectivity index (χ2v) is 18.2. The molecule has 0 unspecified atom stereocenters. The maximum atomic E-state index is 5.64. The third-order valence-corrected chi connectivity index (χ3v) is 13.9. The van der Waals surface area contributed by atoms with Crippen molar-refractivity contribution in [2.75, 3.05) is 0 Å². The van der Waals surface area contributed by atoms with Crippen molar-refractivity contribution in [1.29, 1.82) is 0 Å². The van der Waals surface area contributed by atoms with Crippen molar-refractivity contribution in [2.24, 2.45) is 0 Å². The lowest BCUT2D eigenvalue weighted by atomic mass is 9.83. The first-order valence-corrected chi connectivity index (χ1v) is 24.5. The van der Waals surface area contributed by atoms with Crippen molar-refractivity contribution in [1.82, 2.24) is 15.0 Å². The molecule has 2 heterocycles. The van der Waals surface area contributed by atoms with Gasteiger partial charge in [0.25, 0.3) is 0 Å². The van der Waals surface area contributed by atoms with Crippen molar-refractivity contribution in [3.8, 4) is 101 Å². The smallest absolute Gasteiger partial charge is 0.160 e. The van der Waals surface area contributed by atoms with E-state index in [0.717, 1.165) is 95.1 Å². The van der Waals surface area contributed by atoms with E-state index < -0.39 is 0 Å². The quantitative estimate of drug-likeness (QED) is 0.135. The van der Waals surface area contributed by atoms with Gasteiger partial charge in [0.15, 0.2) is 5.82 Å². The Morgan fingerprint density at radius 3 is 1.01 bits per heavy atom. The van der Waals surface area contributed by atoms with E-state index in [1.165, 1.54) is 32.3 Å². The Balaban J connectivity index is 0.975. The Morgan fingerprint density at radius 1 is 0.181 bits per heavy atom. The van der Waals surface area contributed by atoms with Gasteiger partial charge >= 0.3 is 0 Å². The van der Waals surface area contributed by atoms with Crippen LogP contribution >= 0.6 is 0 Å². The molecular formula is C69H45N3. The first-order valence-electron chi connectivity index (χ1n) is 24.5. The van der Waals surface area contributed by atoms with Gasteiger partial charge in [-0.15, -0.1) is 0 Å². The molecule has 0 bridgehead atoms. The van der Waals surface area contributed by atoms with Crippen molar-refractivity contribution in [3.63, 3.8) is 0 Å². The molecule has 0 aliphatic rings. The van der Waals surface area contributed by atoms with Gasteiger partial charge in [-0.1, -0.05) is 255 Å². The first kappa shape index (κ1) is 42.5. The maximum Gasteiger partial charge on any atom is 0.160 e. The summed E-state index contributed by atoms with van der Waals surface area (Å²) in [6.45, 7) is 0. The second-order valence-electron chi connectivity index (χ2n) is 18.2. The highest BCUT2D eigenvalue weighted by molar-refractivity contribution is 6.25. The number of aromatic nitrogens is 3. The Morgan fingerprint density at radius 2 is 0.514 bits per heavy atom. The predicted molar refractivity (Wildman–Crippen MR) is 301 cm³/mol. The fourth-order valence-electron chi connectivity index (χ4n) is 10.5. The summed E-state index contributed by atoms with van der Waals surface area (Å²) in [6, 6.07) is 97.0. The SMILES string of the molecule is c1ccc(-c2cc(-c3ccc(-c4c(-c5ccccc5)c(-c5ccccc5)nc(-c5ccccc5)c4-c4ccccc4)cc3)nc(-c3cccc(-c4ccc5c6ccccc6c6ccccc6c5c4)c3)n2)cc1. The second kappa shape index (κ2) is 18.4. The van der Waals surface area contributed by atoms with Crippen LogP contribution in [0.1, 0.15) is 0 Å². The number of fused-ring (bicyclic) bond motifs is 6. The van der Waals surface area contributed by atoms with Gasteiger partial charge in [-0.2, -0.15) is 0 Å². The van der Waals surface area contributed by atoms with E-state index in [9.17, 15) is 0 Å². The molecule has 13 aromatic rings. The Bertz CT molecular complexity index is 3960. The monoisotopic (exact) mass is 915 g/mol. The molecule has 0 spiro atoms. The third-order valence-electron chi connectivity index (χ3n) is 13.9. The zero-order chi connectivity index (χ0) is 47.8. The Kier molecular flexibility index (Phi) is 10.9. The van der Waals surface area contributed by atoms with Crippen molar-refractivity contribution < 1.29 is 0 Å². The lowest BCUT2D eigenvalue weighted by Crippen LogP contribution is -2.01. The summed E-state index contributed by atoms with van der Waals surface area (Å²) in [4.78, 5) is 16.3. The van der Waals surface area contributed by atoms with Gasteiger partial charge < -0.3 is 0 Å². The normalized spacial score (nSPS) is 11.3. The number of hydrogen-bond acceptors (Lipinski definition) is 3. The van der Waals surface area contributed by atoms with Crippen LogP contribution in [0.15, 0.2) is 273 Å². The Labute approximate surface area is 419 Å². The number of pyridine rings is 1. The van der Waals surface area contributed by atoms with Gasteiger partial charge in [0.2, 0.25) is 0 Å². The van der Waals surface area contributed by atoms with E-state index in [4.69, 9.17) is 15.0 Å². The average Bonchev–Trinajstić information content (AvgIpc) is 3.47. The molecule has 0 fully saturated rings. The Hall–Kier alpha value is -9.57. The zero-order valence-electron chi connectivity index (χ0n) is 39.3. The summed E-state index contributed by atoms with van der Waals surface area (Å²) < 4.78 is 0. The minimum absolute atomic E-state index is 0.668. The number of nitrogens with zero attached hydrogens (tertiary/aromatic N) is 3. The molecule has 0 N–H and O–H groups in total. The number of hydrogen-bond donors (Lipinski definition) is 0. The average molecular weight is 916 g/mol. The van der Waals surface area contributed by atoms with Crippen LogP contribution in [-0.2, 0) is 0 Å². The summed E-state index contributed by atoms with van der Waals surface area (Å²) >= 11 is 0. The summed E-state index contributed by atoms with van der Waals surface area (Å²) in [5.74, 6) is 0.668. The highest BCUT2D eigenvalue weighted by atomic mass is 14.9. The molecule has 336 valence electrons. The molecule has 0 aliphatic heterocycles. The molecule has 3 nitrogen and oxygen atoms in total.